The lowest BCUT2D eigenvalue weighted by molar-refractivity contribution is 0.608. The van der Waals surface area contributed by atoms with E-state index in [4.69, 9.17) is 0 Å². The van der Waals surface area contributed by atoms with Gasteiger partial charge in [0.2, 0.25) is 0 Å². The second kappa shape index (κ2) is 4.56. The van der Waals surface area contributed by atoms with Crippen molar-refractivity contribution >= 4 is 0 Å². The van der Waals surface area contributed by atoms with Crippen LogP contribution in [0.25, 0.3) is 11.1 Å². The van der Waals surface area contributed by atoms with E-state index in [1.165, 1.54) is 23.1 Å². The largest absolute Gasteiger partial charge is 0.207 e. The van der Waals surface area contributed by atoms with Gasteiger partial charge in [0, 0.05) is 0 Å². The third-order valence-electron chi connectivity index (χ3n) is 3.76. The minimum atomic E-state index is -0.0595. The predicted octanol–water partition coefficient (Wildman–Crippen LogP) is 4.54. The van der Waals surface area contributed by atoms with Crippen molar-refractivity contribution in [3.8, 4) is 11.1 Å². The molecule has 18 heavy (non-hydrogen) atoms. The normalized spacial score (nSPS) is 13.0. The number of aryl methyl sites for hydroxylation is 2. The Labute approximate surface area is 107 Å². The Morgan fingerprint density at radius 3 is 2.78 bits per heavy atom. The van der Waals surface area contributed by atoms with Crippen LogP contribution in [0, 0.1) is 5.82 Å². The molecule has 1 aliphatic carbocycles. The quantitative estimate of drug-likeness (QED) is 0.722. The van der Waals surface area contributed by atoms with E-state index in [1.54, 1.807) is 6.07 Å². The van der Waals surface area contributed by atoms with Gasteiger partial charge in [0.15, 0.2) is 0 Å². The smallest absolute Gasteiger partial charge is 0.127 e. The first kappa shape index (κ1) is 11.5. The topological polar surface area (TPSA) is 0 Å². The summed E-state index contributed by atoms with van der Waals surface area (Å²) in [5.74, 6) is -0.0595. The molecule has 0 heterocycles. The minimum absolute atomic E-state index is 0.0595. The zero-order valence-corrected chi connectivity index (χ0v) is 10.7. The maximum Gasteiger partial charge on any atom is 0.127 e. The number of rotatable bonds is 2. The lowest BCUT2D eigenvalue weighted by atomic mass is 9.84. The standard InChI is InChI=1S/C17H17F/c1-2-4-12-7-9-14-13(11-12)8-10-16-15(14)5-3-6-17(16)18/h3,5-7,9,11H,2,4,8,10H2,1H3. The average molecular weight is 240 g/mol. The summed E-state index contributed by atoms with van der Waals surface area (Å²) in [4.78, 5) is 0. The van der Waals surface area contributed by atoms with E-state index < -0.39 is 0 Å². The van der Waals surface area contributed by atoms with Crippen molar-refractivity contribution in [1.29, 1.82) is 0 Å². The molecule has 0 aromatic heterocycles. The molecule has 92 valence electrons. The van der Waals surface area contributed by atoms with Crippen LogP contribution in [0.15, 0.2) is 36.4 Å². The van der Waals surface area contributed by atoms with E-state index in [0.717, 1.165) is 30.4 Å². The van der Waals surface area contributed by atoms with Crippen LogP contribution in [0.1, 0.15) is 30.0 Å². The summed E-state index contributed by atoms with van der Waals surface area (Å²) in [5, 5.41) is 0. The molecular formula is C17H17F. The Bertz CT molecular complexity index is 584. The van der Waals surface area contributed by atoms with Gasteiger partial charge in [0.1, 0.15) is 5.82 Å². The van der Waals surface area contributed by atoms with Gasteiger partial charge in [-0.25, -0.2) is 4.39 Å². The summed E-state index contributed by atoms with van der Waals surface area (Å²) < 4.78 is 13.8. The summed E-state index contributed by atoms with van der Waals surface area (Å²) in [6.45, 7) is 2.20. The molecule has 3 rings (SSSR count). The third-order valence-corrected chi connectivity index (χ3v) is 3.76. The second-order valence-electron chi connectivity index (χ2n) is 5.01. The van der Waals surface area contributed by atoms with Crippen molar-refractivity contribution in [1.82, 2.24) is 0 Å². The molecule has 2 aromatic carbocycles. The number of hydrogen-bond donors (Lipinski definition) is 0. The van der Waals surface area contributed by atoms with E-state index in [-0.39, 0.29) is 5.82 Å². The summed E-state index contributed by atoms with van der Waals surface area (Å²) >= 11 is 0. The Hall–Kier alpha value is -1.63. The van der Waals surface area contributed by atoms with Crippen molar-refractivity contribution < 1.29 is 4.39 Å². The highest BCUT2D eigenvalue weighted by molar-refractivity contribution is 5.73. The first-order chi connectivity index (χ1) is 8.79. The number of hydrogen-bond acceptors (Lipinski definition) is 0. The summed E-state index contributed by atoms with van der Waals surface area (Å²) in [6, 6.07) is 12.1. The molecule has 0 aliphatic heterocycles. The van der Waals surface area contributed by atoms with Crippen LogP contribution in [-0.4, -0.2) is 0 Å². The van der Waals surface area contributed by atoms with Crippen LogP contribution in [-0.2, 0) is 19.3 Å². The molecule has 0 spiro atoms. The molecule has 0 unspecified atom stereocenters. The number of benzene rings is 2. The molecule has 2 aromatic rings. The van der Waals surface area contributed by atoms with Gasteiger partial charge in [-0.3, -0.25) is 0 Å². The molecule has 0 N–H and O–H groups in total. The fourth-order valence-corrected chi connectivity index (χ4v) is 2.89. The molecular weight excluding hydrogens is 223 g/mol. The van der Waals surface area contributed by atoms with Gasteiger partial charge in [0.25, 0.3) is 0 Å². The van der Waals surface area contributed by atoms with Crippen molar-refractivity contribution in [2.75, 3.05) is 0 Å². The van der Waals surface area contributed by atoms with Crippen LogP contribution >= 0.6 is 0 Å². The van der Waals surface area contributed by atoms with Crippen LogP contribution in [0.5, 0.6) is 0 Å². The van der Waals surface area contributed by atoms with Crippen LogP contribution in [0.2, 0.25) is 0 Å². The van der Waals surface area contributed by atoms with Crippen LogP contribution < -0.4 is 0 Å². The van der Waals surface area contributed by atoms with Crippen molar-refractivity contribution in [3.63, 3.8) is 0 Å². The van der Waals surface area contributed by atoms with Crippen LogP contribution in [0.4, 0.5) is 4.39 Å². The highest BCUT2D eigenvalue weighted by Crippen LogP contribution is 2.35. The molecule has 0 saturated carbocycles. The molecule has 0 bridgehead atoms. The lowest BCUT2D eigenvalue weighted by Gasteiger charge is -2.21. The van der Waals surface area contributed by atoms with E-state index in [0.29, 0.717) is 0 Å². The van der Waals surface area contributed by atoms with E-state index >= 15 is 0 Å². The van der Waals surface area contributed by atoms with Gasteiger partial charge in [-0.1, -0.05) is 43.7 Å². The summed E-state index contributed by atoms with van der Waals surface area (Å²) in [7, 11) is 0. The maximum absolute atomic E-state index is 13.8. The molecule has 1 heteroatoms. The number of halogens is 1. The molecule has 0 amide bonds. The molecule has 0 saturated heterocycles. The fraction of sp³-hybridized carbons (Fsp3) is 0.294. The van der Waals surface area contributed by atoms with E-state index in [2.05, 4.69) is 25.1 Å². The van der Waals surface area contributed by atoms with Gasteiger partial charge in [-0.15, -0.1) is 0 Å². The minimum Gasteiger partial charge on any atom is -0.207 e. The monoisotopic (exact) mass is 240 g/mol. The molecule has 0 radical (unpaired) electrons. The average Bonchev–Trinajstić information content (AvgIpc) is 2.39. The predicted molar refractivity (Wildman–Crippen MR) is 73.2 cm³/mol. The fourth-order valence-electron chi connectivity index (χ4n) is 2.89. The molecule has 0 nitrogen and oxygen atoms in total. The van der Waals surface area contributed by atoms with Gasteiger partial charge in [-0.05, 0) is 53.1 Å². The Morgan fingerprint density at radius 1 is 1.06 bits per heavy atom. The van der Waals surface area contributed by atoms with E-state index in [9.17, 15) is 4.39 Å². The van der Waals surface area contributed by atoms with Gasteiger partial charge in [-0.2, -0.15) is 0 Å². The van der Waals surface area contributed by atoms with Gasteiger partial charge in [0.05, 0.1) is 0 Å². The van der Waals surface area contributed by atoms with Gasteiger partial charge >= 0.3 is 0 Å². The zero-order valence-electron chi connectivity index (χ0n) is 10.7. The second-order valence-corrected chi connectivity index (χ2v) is 5.01. The van der Waals surface area contributed by atoms with Crippen molar-refractivity contribution in [2.24, 2.45) is 0 Å². The zero-order chi connectivity index (χ0) is 12.5. The Kier molecular flexibility index (Phi) is 2.91. The summed E-state index contributed by atoms with van der Waals surface area (Å²) in [6.07, 6.45) is 4.08. The Balaban J connectivity index is 2.11. The molecule has 0 fully saturated rings. The lowest BCUT2D eigenvalue weighted by Crippen LogP contribution is -2.06. The number of fused-ring (bicyclic) bond motifs is 3. The first-order valence-electron chi connectivity index (χ1n) is 6.69. The van der Waals surface area contributed by atoms with Gasteiger partial charge < -0.3 is 0 Å². The maximum atomic E-state index is 13.8. The third kappa shape index (κ3) is 1.84. The van der Waals surface area contributed by atoms with Crippen molar-refractivity contribution in [3.05, 3.63) is 58.9 Å². The highest BCUT2D eigenvalue weighted by Gasteiger charge is 2.18. The molecule has 1 aliphatic rings. The highest BCUT2D eigenvalue weighted by atomic mass is 19.1. The SMILES string of the molecule is CCCc1ccc2c(c1)CCc1c(F)cccc1-2. The Morgan fingerprint density at radius 2 is 1.94 bits per heavy atom. The van der Waals surface area contributed by atoms with E-state index in [1.807, 2.05) is 12.1 Å². The molecule has 0 atom stereocenters. The van der Waals surface area contributed by atoms with Crippen molar-refractivity contribution in [2.45, 2.75) is 32.6 Å². The van der Waals surface area contributed by atoms with Crippen LogP contribution in [0.3, 0.4) is 0 Å². The summed E-state index contributed by atoms with van der Waals surface area (Å²) in [5.41, 5.74) is 5.96. The first-order valence-corrected chi connectivity index (χ1v) is 6.69.